The summed E-state index contributed by atoms with van der Waals surface area (Å²) in [5, 5.41) is 4.95. The molecule has 0 saturated heterocycles. The van der Waals surface area contributed by atoms with E-state index in [2.05, 4.69) is 14.8 Å². The Bertz CT molecular complexity index is 1120. The van der Waals surface area contributed by atoms with Gasteiger partial charge in [0.15, 0.2) is 11.9 Å². The zero-order chi connectivity index (χ0) is 22.5. The molecule has 0 N–H and O–H groups in total. The molecular formula is C22H22Cl3N3O4. The predicted molar refractivity (Wildman–Crippen MR) is 127 cm³/mol. The van der Waals surface area contributed by atoms with Gasteiger partial charge in [-0.2, -0.15) is 5.10 Å². The molecule has 32 heavy (non-hydrogen) atoms. The van der Waals surface area contributed by atoms with E-state index in [1.54, 1.807) is 24.9 Å². The van der Waals surface area contributed by atoms with Crippen LogP contribution in [0.5, 0.6) is 17.4 Å². The highest BCUT2D eigenvalue weighted by molar-refractivity contribution is 6.36. The number of methoxy groups -OCH3 is 1. The van der Waals surface area contributed by atoms with Crippen molar-refractivity contribution in [2.75, 3.05) is 7.11 Å². The number of aryl methyl sites for hydroxylation is 2. The van der Waals surface area contributed by atoms with Crippen LogP contribution < -0.4 is 9.47 Å². The zero-order valence-corrected chi connectivity index (χ0v) is 20.2. The molecule has 0 aliphatic heterocycles. The van der Waals surface area contributed by atoms with E-state index in [4.69, 9.17) is 32.7 Å². The monoisotopic (exact) mass is 497 g/mol. The molecule has 0 spiro atoms. The van der Waals surface area contributed by atoms with Gasteiger partial charge >= 0.3 is 5.97 Å². The molecule has 1 aromatic carbocycles. The van der Waals surface area contributed by atoms with Gasteiger partial charge in [-0.05, 0) is 44.2 Å². The van der Waals surface area contributed by atoms with Crippen molar-refractivity contribution in [3.8, 4) is 17.4 Å². The average Bonchev–Trinajstić information content (AvgIpc) is 3.02. The van der Waals surface area contributed by atoms with E-state index < -0.39 is 12.1 Å². The Morgan fingerprint density at radius 2 is 1.88 bits per heavy atom. The second-order valence-corrected chi connectivity index (χ2v) is 7.43. The number of pyridine rings is 1. The van der Waals surface area contributed by atoms with Crippen LogP contribution in [0.3, 0.4) is 0 Å². The number of aromatic nitrogens is 3. The third-order valence-electron chi connectivity index (χ3n) is 4.35. The van der Waals surface area contributed by atoms with E-state index in [1.165, 1.54) is 19.2 Å². The first-order valence-corrected chi connectivity index (χ1v) is 10.1. The van der Waals surface area contributed by atoms with Gasteiger partial charge in [0.1, 0.15) is 5.75 Å². The molecule has 0 bridgehead atoms. The maximum Gasteiger partial charge on any atom is 0.346 e. The molecule has 0 saturated carbocycles. The molecule has 2 aromatic heterocycles. The van der Waals surface area contributed by atoms with Gasteiger partial charge in [0.05, 0.1) is 34.1 Å². The fraction of sp³-hybridized carbons (Fsp3) is 0.227. The number of halogens is 3. The molecule has 10 heteroatoms. The van der Waals surface area contributed by atoms with Gasteiger partial charge in [0.25, 0.3) is 0 Å². The molecule has 1 atom stereocenters. The summed E-state index contributed by atoms with van der Waals surface area (Å²) < 4.78 is 18.0. The van der Waals surface area contributed by atoms with Crippen molar-refractivity contribution in [3.05, 3.63) is 63.5 Å². The van der Waals surface area contributed by atoms with E-state index in [1.807, 2.05) is 37.3 Å². The second-order valence-electron chi connectivity index (χ2n) is 6.61. The van der Waals surface area contributed by atoms with Crippen molar-refractivity contribution < 1.29 is 19.0 Å². The molecule has 7 nitrogen and oxygen atoms in total. The zero-order valence-electron chi connectivity index (χ0n) is 17.8. The minimum Gasteiger partial charge on any atom is -0.477 e. The number of carbonyl (C=O) groups is 1. The van der Waals surface area contributed by atoms with Crippen molar-refractivity contribution in [1.29, 1.82) is 0 Å². The summed E-state index contributed by atoms with van der Waals surface area (Å²) in [5.74, 6) is 0.482. The number of hydrogen-bond acceptors (Lipinski definition) is 6. The summed E-state index contributed by atoms with van der Waals surface area (Å²) in [6, 6.07) is 8.67. The van der Waals surface area contributed by atoms with Crippen LogP contribution in [-0.2, 0) is 16.6 Å². The Kier molecular flexibility index (Phi) is 8.95. The summed E-state index contributed by atoms with van der Waals surface area (Å²) in [6.07, 6.45) is 4.61. The smallest absolute Gasteiger partial charge is 0.346 e. The lowest BCUT2D eigenvalue weighted by atomic mass is 10.2. The molecule has 0 aliphatic rings. The SMILES string of the molecule is COC(=O)[C@H](C)Oc1cc(Oc2c(/C=C/c3ccccn3)c(C)nn2C)c(Cl)cc1Cl.Cl. The maximum atomic E-state index is 11.7. The summed E-state index contributed by atoms with van der Waals surface area (Å²) in [6.45, 7) is 3.43. The Labute approximate surface area is 202 Å². The lowest BCUT2D eigenvalue weighted by Crippen LogP contribution is -2.25. The van der Waals surface area contributed by atoms with Crippen molar-refractivity contribution in [2.45, 2.75) is 20.0 Å². The van der Waals surface area contributed by atoms with E-state index in [9.17, 15) is 4.79 Å². The van der Waals surface area contributed by atoms with Gasteiger partial charge in [0.2, 0.25) is 5.88 Å². The summed E-state index contributed by atoms with van der Waals surface area (Å²) in [5.41, 5.74) is 2.34. The van der Waals surface area contributed by atoms with E-state index in [0.717, 1.165) is 17.0 Å². The first-order chi connectivity index (χ1) is 14.8. The van der Waals surface area contributed by atoms with Crippen molar-refractivity contribution in [1.82, 2.24) is 14.8 Å². The van der Waals surface area contributed by atoms with Crippen molar-refractivity contribution in [2.24, 2.45) is 7.05 Å². The third-order valence-corrected chi connectivity index (χ3v) is 4.94. The summed E-state index contributed by atoms with van der Waals surface area (Å²) >= 11 is 12.6. The van der Waals surface area contributed by atoms with Gasteiger partial charge < -0.3 is 14.2 Å². The number of benzene rings is 1. The highest BCUT2D eigenvalue weighted by atomic mass is 35.5. The number of carbonyl (C=O) groups excluding carboxylic acids is 1. The fourth-order valence-corrected chi connectivity index (χ4v) is 3.26. The normalized spacial score (nSPS) is 11.7. The molecule has 0 unspecified atom stereocenters. The van der Waals surface area contributed by atoms with Crippen LogP contribution in [0.4, 0.5) is 0 Å². The van der Waals surface area contributed by atoms with Crippen LogP contribution in [0.25, 0.3) is 12.2 Å². The van der Waals surface area contributed by atoms with Gasteiger partial charge in [-0.3, -0.25) is 4.98 Å². The van der Waals surface area contributed by atoms with Crippen LogP contribution in [0.1, 0.15) is 23.9 Å². The van der Waals surface area contributed by atoms with Crippen LogP contribution in [0.15, 0.2) is 36.5 Å². The van der Waals surface area contributed by atoms with Gasteiger partial charge in [-0.25, -0.2) is 9.48 Å². The number of rotatable bonds is 7. The highest BCUT2D eigenvalue weighted by Crippen LogP contribution is 2.39. The number of nitrogens with zero attached hydrogens (tertiary/aromatic N) is 3. The molecule has 0 amide bonds. The van der Waals surface area contributed by atoms with E-state index in [0.29, 0.717) is 11.6 Å². The van der Waals surface area contributed by atoms with Crippen molar-refractivity contribution in [3.63, 3.8) is 0 Å². The number of esters is 1. The second kappa shape index (κ2) is 11.2. The number of hydrogen-bond donors (Lipinski definition) is 0. The van der Waals surface area contributed by atoms with Gasteiger partial charge in [-0.15, -0.1) is 12.4 Å². The predicted octanol–water partition coefficient (Wildman–Crippen LogP) is 5.76. The minimum absolute atomic E-state index is 0. The Morgan fingerprint density at radius 1 is 1.16 bits per heavy atom. The van der Waals surface area contributed by atoms with Crippen LogP contribution in [0, 0.1) is 6.92 Å². The standard InChI is InChI=1S/C22H21Cl2N3O4.ClH/c1-13-16(9-8-15-7-5-6-10-25-15)21(27(3)26-13)31-20-12-19(17(23)11-18(20)24)30-14(2)22(28)29-4;/h5-12,14H,1-4H3;1H/b9-8+;/t14-;/m0./s1. The lowest BCUT2D eigenvalue weighted by molar-refractivity contribution is -0.147. The molecule has 3 rings (SSSR count). The van der Waals surface area contributed by atoms with E-state index >= 15 is 0 Å². The molecule has 0 fully saturated rings. The molecule has 170 valence electrons. The van der Waals surface area contributed by atoms with Gasteiger partial charge in [-0.1, -0.05) is 29.3 Å². The molecule has 2 heterocycles. The Hall–Kier alpha value is -2.74. The summed E-state index contributed by atoms with van der Waals surface area (Å²) in [4.78, 5) is 16.0. The van der Waals surface area contributed by atoms with Crippen LogP contribution in [-0.4, -0.2) is 33.9 Å². The minimum atomic E-state index is -0.854. The summed E-state index contributed by atoms with van der Waals surface area (Å²) in [7, 11) is 3.05. The lowest BCUT2D eigenvalue weighted by Gasteiger charge is -2.16. The molecular weight excluding hydrogens is 477 g/mol. The van der Waals surface area contributed by atoms with Crippen LogP contribution >= 0.6 is 35.6 Å². The maximum absolute atomic E-state index is 11.7. The fourth-order valence-electron chi connectivity index (χ4n) is 2.80. The largest absolute Gasteiger partial charge is 0.477 e. The topological polar surface area (TPSA) is 75.5 Å². The first-order valence-electron chi connectivity index (χ1n) is 9.34. The van der Waals surface area contributed by atoms with Crippen molar-refractivity contribution >= 4 is 53.7 Å². The highest BCUT2D eigenvalue weighted by Gasteiger charge is 2.20. The van der Waals surface area contributed by atoms with Crippen LogP contribution in [0.2, 0.25) is 10.0 Å². The first kappa shape index (κ1) is 25.5. The van der Waals surface area contributed by atoms with E-state index in [-0.39, 0.29) is 28.2 Å². The molecule has 3 aromatic rings. The number of ether oxygens (including phenoxy) is 3. The Morgan fingerprint density at radius 3 is 2.53 bits per heavy atom. The average molecular weight is 499 g/mol. The molecule has 0 radical (unpaired) electrons. The third kappa shape index (κ3) is 5.94. The molecule has 0 aliphatic carbocycles. The van der Waals surface area contributed by atoms with Gasteiger partial charge in [0, 0.05) is 19.3 Å². The Balaban J connectivity index is 0.00000363. The quantitative estimate of drug-likeness (QED) is 0.386.